The van der Waals surface area contributed by atoms with Crippen LogP contribution in [0.4, 0.5) is 5.69 Å². The van der Waals surface area contributed by atoms with Crippen molar-refractivity contribution in [3.8, 4) is 17.2 Å². The Morgan fingerprint density at radius 2 is 1.85 bits per heavy atom. The number of phenols is 1. The first-order chi connectivity index (χ1) is 9.72. The molecule has 1 N–H and O–H groups in total. The second-order valence-corrected chi connectivity index (χ2v) is 5.20. The second kappa shape index (κ2) is 5.54. The maximum absolute atomic E-state index is 9.75. The van der Waals surface area contributed by atoms with Crippen LogP contribution >= 0.6 is 15.9 Å². The summed E-state index contributed by atoms with van der Waals surface area (Å²) in [7, 11) is 0. The van der Waals surface area contributed by atoms with Crippen molar-refractivity contribution in [2.24, 2.45) is 4.99 Å². The first kappa shape index (κ1) is 13.0. The van der Waals surface area contributed by atoms with E-state index in [-0.39, 0.29) is 5.75 Å². The molecule has 1 heterocycles. The zero-order chi connectivity index (χ0) is 13.9. The fraction of sp³-hybridized carbons (Fsp3) is 0.133. The number of rotatable bonds is 2. The molecule has 0 spiro atoms. The summed E-state index contributed by atoms with van der Waals surface area (Å²) in [5, 5.41) is 9.75. The minimum atomic E-state index is 0.189. The van der Waals surface area contributed by atoms with Gasteiger partial charge in [0.2, 0.25) is 0 Å². The molecule has 0 unspecified atom stereocenters. The SMILES string of the molecule is Oc1ccc(Br)cc1C=Nc1ccc2c(c1)OCCO2. The molecule has 0 saturated carbocycles. The van der Waals surface area contributed by atoms with Gasteiger partial charge in [0.15, 0.2) is 11.5 Å². The lowest BCUT2D eigenvalue weighted by Gasteiger charge is -2.18. The van der Waals surface area contributed by atoms with Crippen LogP contribution in [-0.4, -0.2) is 24.5 Å². The summed E-state index contributed by atoms with van der Waals surface area (Å²) in [4.78, 5) is 4.35. The first-order valence-electron chi connectivity index (χ1n) is 6.14. The minimum absolute atomic E-state index is 0.189. The van der Waals surface area contributed by atoms with E-state index >= 15 is 0 Å². The first-order valence-corrected chi connectivity index (χ1v) is 6.94. The fourth-order valence-electron chi connectivity index (χ4n) is 1.89. The summed E-state index contributed by atoms with van der Waals surface area (Å²) in [6, 6.07) is 10.7. The van der Waals surface area contributed by atoms with Crippen LogP contribution in [0, 0.1) is 0 Å². The summed E-state index contributed by atoms with van der Waals surface area (Å²) in [6.07, 6.45) is 1.62. The van der Waals surface area contributed by atoms with Crippen molar-refractivity contribution in [2.45, 2.75) is 0 Å². The molecule has 2 aromatic carbocycles. The van der Waals surface area contributed by atoms with Gasteiger partial charge < -0.3 is 14.6 Å². The molecule has 2 aromatic rings. The van der Waals surface area contributed by atoms with E-state index in [1.54, 1.807) is 24.4 Å². The highest BCUT2D eigenvalue weighted by Crippen LogP contribution is 2.33. The largest absolute Gasteiger partial charge is 0.507 e. The number of aliphatic imine (C=N–C) groups is 1. The van der Waals surface area contributed by atoms with Gasteiger partial charge in [0.05, 0.1) is 5.69 Å². The molecule has 0 aromatic heterocycles. The van der Waals surface area contributed by atoms with Gasteiger partial charge in [-0.3, -0.25) is 4.99 Å². The van der Waals surface area contributed by atoms with Crippen LogP contribution < -0.4 is 9.47 Å². The molecular formula is C15H12BrNO3. The minimum Gasteiger partial charge on any atom is -0.507 e. The van der Waals surface area contributed by atoms with Gasteiger partial charge in [0.25, 0.3) is 0 Å². The highest BCUT2D eigenvalue weighted by Gasteiger charge is 2.11. The average molecular weight is 334 g/mol. The van der Waals surface area contributed by atoms with Crippen LogP contribution in [0.5, 0.6) is 17.2 Å². The lowest BCUT2D eigenvalue weighted by atomic mass is 10.2. The van der Waals surface area contributed by atoms with E-state index in [1.165, 1.54) is 0 Å². The van der Waals surface area contributed by atoms with Gasteiger partial charge in [-0.15, -0.1) is 0 Å². The van der Waals surface area contributed by atoms with Gasteiger partial charge >= 0.3 is 0 Å². The molecule has 0 radical (unpaired) electrons. The molecule has 1 aliphatic rings. The maximum atomic E-state index is 9.75. The normalized spacial score (nSPS) is 13.7. The Hall–Kier alpha value is -2.01. The highest BCUT2D eigenvalue weighted by molar-refractivity contribution is 9.10. The number of ether oxygens (including phenoxy) is 2. The monoisotopic (exact) mass is 333 g/mol. The molecule has 20 heavy (non-hydrogen) atoms. The molecule has 5 heteroatoms. The van der Waals surface area contributed by atoms with E-state index in [9.17, 15) is 5.11 Å². The maximum Gasteiger partial charge on any atom is 0.163 e. The Morgan fingerprint density at radius 1 is 1.05 bits per heavy atom. The number of halogens is 1. The number of nitrogens with zero attached hydrogens (tertiary/aromatic N) is 1. The molecule has 1 aliphatic heterocycles. The topological polar surface area (TPSA) is 51.1 Å². The fourth-order valence-corrected chi connectivity index (χ4v) is 2.26. The highest BCUT2D eigenvalue weighted by atomic mass is 79.9. The lowest BCUT2D eigenvalue weighted by molar-refractivity contribution is 0.171. The lowest BCUT2D eigenvalue weighted by Crippen LogP contribution is -2.14. The Labute approximate surface area is 124 Å². The van der Waals surface area contributed by atoms with Crippen molar-refractivity contribution >= 4 is 27.8 Å². The molecule has 0 atom stereocenters. The Balaban J connectivity index is 1.87. The van der Waals surface area contributed by atoms with Crippen molar-refractivity contribution < 1.29 is 14.6 Å². The molecule has 102 valence electrons. The quantitative estimate of drug-likeness (QED) is 0.853. The number of aromatic hydroxyl groups is 1. The van der Waals surface area contributed by atoms with Gasteiger partial charge in [-0.25, -0.2) is 0 Å². The van der Waals surface area contributed by atoms with E-state index in [0.29, 0.717) is 24.5 Å². The summed E-state index contributed by atoms with van der Waals surface area (Å²) in [5.74, 6) is 1.62. The van der Waals surface area contributed by atoms with Crippen LogP contribution in [0.1, 0.15) is 5.56 Å². The molecule has 0 bridgehead atoms. The van der Waals surface area contributed by atoms with Gasteiger partial charge in [0.1, 0.15) is 19.0 Å². The predicted octanol–water partition coefficient (Wildman–Crippen LogP) is 3.68. The third-order valence-corrected chi connectivity index (χ3v) is 3.36. The summed E-state index contributed by atoms with van der Waals surface area (Å²) < 4.78 is 11.8. The Morgan fingerprint density at radius 3 is 2.70 bits per heavy atom. The van der Waals surface area contributed by atoms with Crippen LogP contribution in [0.2, 0.25) is 0 Å². The average Bonchev–Trinajstić information content (AvgIpc) is 2.48. The molecule has 0 aliphatic carbocycles. The summed E-state index contributed by atoms with van der Waals surface area (Å²) >= 11 is 3.36. The number of benzene rings is 2. The van der Waals surface area contributed by atoms with Gasteiger partial charge in [-0.1, -0.05) is 15.9 Å². The van der Waals surface area contributed by atoms with Gasteiger partial charge in [-0.05, 0) is 30.3 Å². The van der Waals surface area contributed by atoms with Gasteiger partial charge in [0, 0.05) is 22.3 Å². The smallest absolute Gasteiger partial charge is 0.163 e. The molecule has 0 saturated heterocycles. The molecule has 3 rings (SSSR count). The number of phenolic OH excluding ortho intramolecular Hbond substituents is 1. The van der Waals surface area contributed by atoms with E-state index in [1.807, 2.05) is 18.2 Å². The van der Waals surface area contributed by atoms with Crippen molar-refractivity contribution in [2.75, 3.05) is 13.2 Å². The number of hydrogen-bond acceptors (Lipinski definition) is 4. The summed E-state index contributed by atoms with van der Waals surface area (Å²) in [5.41, 5.74) is 1.39. The predicted molar refractivity (Wildman–Crippen MR) is 80.5 cm³/mol. The van der Waals surface area contributed by atoms with E-state index in [4.69, 9.17) is 9.47 Å². The van der Waals surface area contributed by atoms with Crippen LogP contribution in [-0.2, 0) is 0 Å². The van der Waals surface area contributed by atoms with Crippen LogP contribution in [0.25, 0.3) is 0 Å². The molecular weight excluding hydrogens is 322 g/mol. The van der Waals surface area contributed by atoms with Crippen LogP contribution in [0.3, 0.4) is 0 Å². The van der Waals surface area contributed by atoms with Crippen molar-refractivity contribution in [1.82, 2.24) is 0 Å². The molecule has 0 fully saturated rings. The van der Waals surface area contributed by atoms with Crippen LogP contribution in [0.15, 0.2) is 45.9 Å². The molecule has 4 nitrogen and oxygen atoms in total. The van der Waals surface area contributed by atoms with Gasteiger partial charge in [-0.2, -0.15) is 0 Å². The third-order valence-electron chi connectivity index (χ3n) is 2.87. The van der Waals surface area contributed by atoms with Crippen molar-refractivity contribution in [3.05, 3.63) is 46.4 Å². The number of hydrogen-bond donors (Lipinski definition) is 1. The third kappa shape index (κ3) is 2.77. The van der Waals surface area contributed by atoms with E-state index in [0.717, 1.165) is 15.9 Å². The van der Waals surface area contributed by atoms with Crippen molar-refractivity contribution in [3.63, 3.8) is 0 Å². The summed E-state index contributed by atoms with van der Waals surface area (Å²) in [6.45, 7) is 1.12. The zero-order valence-corrected chi connectivity index (χ0v) is 12.1. The number of fused-ring (bicyclic) bond motifs is 1. The Bertz CT molecular complexity index is 670. The Kier molecular flexibility index (Phi) is 3.60. The second-order valence-electron chi connectivity index (χ2n) is 4.29. The van der Waals surface area contributed by atoms with E-state index < -0.39 is 0 Å². The standard InChI is InChI=1S/C15H12BrNO3/c16-11-1-3-13(18)10(7-11)9-17-12-2-4-14-15(8-12)20-6-5-19-14/h1-4,7-9,18H,5-6H2. The van der Waals surface area contributed by atoms with E-state index in [2.05, 4.69) is 20.9 Å². The van der Waals surface area contributed by atoms with Crippen molar-refractivity contribution in [1.29, 1.82) is 0 Å². The molecule has 0 amide bonds. The zero-order valence-electron chi connectivity index (χ0n) is 10.5.